The van der Waals surface area contributed by atoms with Crippen LogP contribution >= 0.6 is 0 Å². The first kappa shape index (κ1) is 17.7. The zero-order valence-electron chi connectivity index (χ0n) is 14.3. The summed E-state index contributed by atoms with van der Waals surface area (Å²) in [6.45, 7) is 0.740. The average molecular weight is 355 g/mol. The molecule has 2 aromatic carbocycles. The molecule has 0 spiro atoms. The number of nitro groups is 1. The van der Waals surface area contributed by atoms with Gasteiger partial charge in [0.2, 0.25) is 0 Å². The van der Waals surface area contributed by atoms with Crippen molar-refractivity contribution in [2.24, 2.45) is 0 Å². The molecule has 7 heteroatoms. The summed E-state index contributed by atoms with van der Waals surface area (Å²) in [7, 11) is 0. The Morgan fingerprint density at radius 2 is 2.04 bits per heavy atom. The van der Waals surface area contributed by atoms with Gasteiger partial charge in [-0.15, -0.1) is 0 Å². The SMILES string of the molecule is O=C(O)CCC(Cc1ccccc1)Nc1c([N+](=O)[O-])ccc2c1CCN2. The van der Waals surface area contributed by atoms with E-state index < -0.39 is 10.9 Å². The molecular formula is C19H21N3O4. The number of nitrogens with zero attached hydrogens (tertiary/aromatic N) is 1. The molecule has 0 saturated carbocycles. The lowest BCUT2D eigenvalue weighted by molar-refractivity contribution is -0.384. The summed E-state index contributed by atoms with van der Waals surface area (Å²) in [6, 6.07) is 12.7. The predicted molar refractivity (Wildman–Crippen MR) is 99.7 cm³/mol. The lowest BCUT2D eigenvalue weighted by atomic mass is 10.00. The van der Waals surface area contributed by atoms with Crippen LogP contribution in [-0.2, 0) is 17.6 Å². The van der Waals surface area contributed by atoms with Crippen LogP contribution in [0.5, 0.6) is 0 Å². The van der Waals surface area contributed by atoms with Crippen LogP contribution in [0, 0.1) is 10.1 Å². The third kappa shape index (κ3) is 4.11. The monoisotopic (exact) mass is 355 g/mol. The Hall–Kier alpha value is -3.09. The molecule has 1 unspecified atom stereocenters. The first-order chi connectivity index (χ1) is 12.5. The molecule has 0 amide bonds. The summed E-state index contributed by atoms with van der Waals surface area (Å²) in [5.41, 5.74) is 3.38. The molecule has 3 N–H and O–H groups in total. The van der Waals surface area contributed by atoms with E-state index in [4.69, 9.17) is 5.11 Å². The largest absolute Gasteiger partial charge is 0.481 e. The Labute approximate surface area is 151 Å². The van der Waals surface area contributed by atoms with Crippen molar-refractivity contribution in [2.45, 2.75) is 31.7 Å². The van der Waals surface area contributed by atoms with Crippen LogP contribution in [0.3, 0.4) is 0 Å². The lowest BCUT2D eigenvalue weighted by Crippen LogP contribution is -2.24. The molecular weight excluding hydrogens is 334 g/mol. The van der Waals surface area contributed by atoms with Crippen LogP contribution in [0.25, 0.3) is 0 Å². The third-order valence-corrected chi connectivity index (χ3v) is 4.56. The number of nitro benzene ring substituents is 1. The molecule has 0 saturated heterocycles. The van der Waals surface area contributed by atoms with E-state index in [9.17, 15) is 14.9 Å². The normalized spacial score (nSPS) is 13.5. The van der Waals surface area contributed by atoms with Crippen molar-refractivity contribution in [3.63, 3.8) is 0 Å². The zero-order valence-corrected chi connectivity index (χ0v) is 14.3. The summed E-state index contributed by atoms with van der Waals surface area (Å²) in [5.74, 6) is -0.876. The molecule has 0 fully saturated rings. The van der Waals surface area contributed by atoms with Crippen molar-refractivity contribution in [2.75, 3.05) is 17.2 Å². The van der Waals surface area contributed by atoms with Crippen molar-refractivity contribution >= 4 is 23.0 Å². The fourth-order valence-electron chi connectivity index (χ4n) is 3.32. The molecule has 1 atom stereocenters. The van der Waals surface area contributed by atoms with E-state index in [0.29, 0.717) is 24.9 Å². The zero-order chi connectivity index (χ0) is 18.5. The molecule has 2 aromatic rings. The molecule has 0 radical (unpaired) electrons. The Morgan fingerprint density at radius 1 is 1.27 bits per heavy atom. The molecule has 7 nitrogen and oxygen atoms in total. The number of carbonyl (C=O) groups is 1. The first-order valence-corrected chi connectivity index (χ1v) is 8.61. The maximum Gasteiger partial charge on any atom is 0.303 e. The van der Waals surface area contributed by atoms with Gasteiger partial charge < -0.3 is 15.7 Å². The smallest absolute Gasteiger partial charge is 0.303 e. The topological polar surface area (TPSA) is 104 Å². The summed E-state index contributed by atoms with van der Waals surface area (Å²) >= 11 is 0. The maximum absolute atomic E-state index is 11.5. The van der Waals surface area contributed by atoms with Gasteiger partial charge in [-0.1, -0.05) is 30.3 Å². The molecule has 136 valence electrons. The maximum atomic E-state index is 11.5. The third-order valence-electron chi connectivity index (χ3n) is 4.56. The van der Waals surface area contributed by atoms with E-state index in [1.54, 1.807) is 6.07 Å². The summed E-state index contributed by atoms with van der Waals surface area (Å²) in [6.07, 6.45) is 1.70. The number of rotatable bonds is 8. The average Bonchev–Trinajstić information content (AvgIpc) is 3.09. The highest BCUT2D eigenvalue weighted by molar-refractivity contribution is 5.77. The fourth-order valence-corrected chi connectivity index (χ4v) is 3.32. The number of hydrogen-bond acceptors (Lipinski definition) is 5. The molecule has 1 aliphatic rings. The van der Waals surface area contributed by atoms with Crippen molar-refractivity contribution in [1.29, 1.82) is 0 Å². The van der Waals surface area contributed by atoms with Gasteiger partial charge in [-0.3, -0.25) is 14.9 Å². The number of anilines is 2. The standard InChI is InChI=1S/C19H21N3O4/c23-18(24)9-6-14(12-13-4-2-1-3-5-13)21-19-15-10-11-20-16(15)7-8-17(19)22(25)26/h1-5,7-8,14,20-21H,6,9-12H2,(H,23,24). The van der Waals surface area contributed by atoms with E-state index in [1.807, 2.05) is 30.3 Å². The highest BCUT2D eigenvalue weighted by Crippen LogP contribution is 2.37. The Bertz CT molecular complexity index is 808. The highest BCUT2D eigenvalue weighted by Gasteiger charge is 2.25. The summed E-state index contributed by atoms with van der Waals surface area (Å²) in [4.78, 5) is 22.1. The first-order valence-electron chi connectivity index (χ1n) is 8.61. The molecule has 1 heterocycles. The summed E-state index contributed by atoms with van der Waals surface area (Å²) in [5, 5.41) is 27.0. The Morgan fingerprint density at radius 3 is 2.73 bits per heavy atom. The fraction of sp³-hybridized carbons (Fsp3) is 0.316. The van der Waals surface area contributed by atoms with Crippen LogP contribution < -0.4 is 10.6 Å². The van der Waals surface area contributed by atoms with Crippen LogP contribution in [-0.4, -0.2) is 28.6 Å². The molecule has 1 aliphatic heterocycles. The predicted octanol–water partition coefficient (Wildman–Crippen LogP) is 3.45. The van der Waals surface area contributed by atoms with Gasteiger partial charge in [-0.05, 0) is 30.9 Å². The molecule has 3 rings (SSSR count). The lowest BCUT2D eigenvalue weighted by Gasteiger charge is -2.21. The van der Waals surface area contributed by atoms with Gasteiger partial charge in [-0.25, -0.2) is 0 Å². The van der Waals surface area contributed by atoms with E-state index >= 15 is 0 Å². The van der Waals surface area contributed by atoms with Crippen LogP contribution in [0.2, 0.25) is 0 Å². The number of nitrogens with one attached hydrogen (secondary N) is 2. The van der Waals surface area contributed by atoms with E-state index in [1.165, 1.54) is 6.07 Å². The van der Waals surface area contributed by atoms with Crippen LogP contribution in [0.4, 0.5) is 17.1 Å². The van der Waals surface area contributed by atoms with E-state index in [2.05, 4.69) is 10.6 Å². The van der Waals surface area contributed by atoms with Gasteiger partial charge in [0, 0.05) is 36.3 Å². The van der Waals surface area contributed by atoms with E-state index in [-0.39, 0.29) is 18.2 Å². The van der Waals surface area contributed by atoms with Crippen LogP contribution in [0.15, 0.2) is 42.5 Å². The minimum atomic E-state index is -0.876. The second kappa shape index (κ2) is 7.86. The number of carboxylic acids is 1. The van der Waals surface area contributed by atoms with Gasteiger partial charge in [0.05, 0.1) is 4.92 Å². The minimum Gasteiger partial charge on any atom is -0.481 e. The molecule has 26 heavy (non-hydrogen) atoms. The van der Waals surface area contributed by atoms with Gasteiger partial charge in [0.25, 0.3) is 5.69 Å². The minimum absolute atomic E-state index is 0.00553. The molecule has 0 aliphatic carbocycles. The van der Waals surface area contributed by atoms with Crippen molar-refractivity contribution in [3.8, 4) is 0 Å². The molecule has 0 bridgehead atoms. The number of benzene rings is 2. The second-order valence-corrected chi connectivity index (χ2v) is 6.38. The Kier molecular flexibility index (Phi) is 5.36. The quantitative estimate of drug-likeness (QED) is 0.495. The number of aliphatic carboxylic acids is 1. The highest BCUT2D eigenvalue weighted by atomic mass is 16.6. The van der Waals surface area contributed by atoms with E-state index in [0.717, 1.165) is 23.4 Å². The Balaban J connectivity index is 1.89. The number of hydrogen-bond donors (Lipinski definition) is 3. The summed E-state index contributed by atoms with van der Waals surface area (Å²) < 4.78 is 0. The van der Waals surface area contributed by atoms with Crippen molar-refractivity contribution in [3.05, 3.63) is 63.7 Å². The van der Waals surface area contributed by atoms with Crippen molar-refractivity contribution < 1.29 is 14.8 Å². The van der Waals surface area contributed by atoms with Crippen LogP contribution in [0.1, 0.15) is 24.0 Å². The second-order valence-electron chi connectivity index (χ2n) is 6.38. The van der Waals surface area contributed by atoms with Gasteiger partial charge in [-0.2, -0.15) is 0 Å². The number of fused-ring (bicyclic) bond motifs is 1. The van der Waals surface area contributed by atoms with Gasteiger partial charge in [0.15, 0.2) is 0 Å². The van der Waals surface area contributed by atoms with Gasteiger partial charge in [0.1, 0.15) is 5.69 Å². The molecule has 0 aromatic heterocycles. The number of carboxylic acid groups (broad SMARTS) is 1. The van der Waals surface area contributed by atoms with Gasteiger partial charge >= 0.3 is 5.97 Å². The van der Waals surface area contributed by atoms with Crippen molar-refractivity contribution in [1.82, 2.24) is 0 Å².